The van der Waals surface area contributed by atoms with E-state index < -0.39 is 0 Å². The van der Waals surface area contributed by atoms with E-state index in [1.165, 1.54) is 0 Å². The fraction of sp³-hybridized carbons (Fsp3) is 0.455. The molecule has 2 aliphatic rings. The summed E-state index contributed by atoms with van der Waals surface area (Å²) in [6.07, 6.45) is 1.66. The Labute approximate surface area is 176 Å². The molecule has 2 fully saturated rings. The summed E-state index contributed by atoms with van der Waals surface area (Å²) < 4.78 is 0. The second kappa shape index (κ2) is 8.39. The van der Waals surface area contributed by atoms with Crippen molar-refractivity contribution in [3.63, 3.8) is 0 Å². The average Bonchev–Trinajstić information content (AvgIpc) is 3.50. The van der Waals surface area contributed by atoms with Gasteiger partial charge >= 0.3 is 0 Å². The van der Waals surface area contributed by atoms with Crippen LogP contribution in [0, 0.1) is 11.8 Å². The zero-order valence-corrected chi connectivity index (χ0v) is 18.0. The van der Waals surface area contributed by atoms with Gasteiger partial charge in [0, 0.05) is 51.4 Å². The number of carbonyl (C=O) groups is 1. The monoisotopic (exact) mass is 407 g/mol. The highest BCUT2D eigenvalue weighted by molar-refractivity contribution is 5.92. The van der Waals surface area contributed by atoms with Crippen LogP contribution < -0.4 is 15.1 Å². The lowest BCUT2D eigenvalue weighted by Gasteiger charge is -2.18. The molecule has 2 N–H and O–H groups in total. The van der Waals surface area contributed by atoms with Crippen molar-refractivity contribution >= 4 is 28.7 Å². The van der Waals surface area contributed by atoms with Crippen LogP contribution in [0.1, 0.15) is 20.8 Å². The Bertz CT molecular complexity index is 1020. The van der Waals surface area contributed by atoms with E-state index in [2.05, 4.69) is 20.2 Å². The molecule has 8 heteroatoms. The number of hydrogen-bond donors (Lipinski definition) is 2. The summed E-state index contributed by atoms with van der Waals surface area (Å²) in [7, 11) is 1.77. The Kier molecular flexibility index (Phi) is 5.67. The fourth-order valence-electron chi connectivity index (χ4n) is 4.22. The second-order valence-electron chi connectivity index (χ2n) is 7.68. The van der Waals surface area contributed by atoms with Gasteiger partial charge in [0.05, 0.1) is 6.33 Å². The highest BCUT2D eigenvalue weighted by Gasteiger charge is 2.37. The first-order chi connectivity index (χ1) is 14.6. The van der Waals surface area contributed by atoms with Crippen molar-refractivity contribution in [3.8, 4) is 11.3 Å². The van der Waals surface area contributed by atoms with Crippen molar-refractivity contribution in [1.29, 1.82) is 0 Å². The Morgan fingerprint density at radius 2 is 1.77 bits per heavy atom. The topological polar surface area (TPSA) is 90.0 Å². The zero-order chi connectivity index (χ0) is 21.3. The molecule has 2 aromatic heterocycles. The van der Waals surface area contributed by atoms with Crippen LogP contribution in [0.25, 0.3) is 22.4 Å². The Hall–Kier alpha value is -3.00. The van der Waals surface area contributed by atoms with Crippen molar-refractivity contribution in [2.24, 2.45) is 11.8 Å². The summed E-state index contributed by atoms with van der Waals surface area (Å²) in [5.74, 6) is 2.09. The third kappa shape index (κ3) is 3.63. The van der Waals surface area contributed by atoms with E-state index in [0.717, 1.165) is 54.6 Å². The number of aromatic nitrogens is 4. The molecular weight excluding hydrogens is 378 g/mol. The maximum atomic E-state index is 11.6. The molecule has 158 valence electrons. The lowest BCUT2D eigenvalue weighted by molar-refractivity contribution is -0.116. The van der Waals surface area contributed by atoms with Crippen LogP contribution in [0.5, 0.6) is 0 Å². The van der Waals surface area contributed by atoms with E-state index in [9.17, 15) is 4.79 Å². The minimum absolute atomic E-state index is 0.00195. The minimum Gasteiger partial charge on any atom is -0.341 e. The molecule has 0 saturated carbocycles. The summed E-state index contributed by atoms with van der Waals surface area (Å²) in [6, 6.07) is 7.85. The molecule has 1 amide bonds. The molecule has 0 bridgehead atoms. The van der Waals surface area contributed by atoms with E-state index >= 15 is 0 Å². The van der Waals surface area contributed by atoms with Crippen LogP contribution in [-0.2, 0) is 4.79 Å². The Morgan fingerprint density at radius 3 is 2.40 bits per heavy atom. The van der Waals surface area contributed by atoms with Crippen LogP contribution in [0.3, 0.4) is 0 Å². The quantitative estimate of drug-likeness (QED) is 0.694. The molecule has 3 aromatic rings. The van der Waals surface area contributed by atoms with Gasteiger partial charge in [-0.1, -0.05) is 26.0 Å². The largest absolute Gasteiger partial charge is 0.341 e. The highest BCUT2D eigenvalue weighted by atomic mass is 16.2. The number of nitrogens with zero attached hydrogens (tertiary/aromatic N) is 5. The SMILES string of the molecule is CC.CC(=O)N(C)c1ccc(-c2nc(N3CC4CNCC4C3)nc3nc[nH]c23)cc1. The van der Waals surface area contributed by atoms with Crippen LogP contribution in [0.2, 0.25) is 0 Å². The third-order valence-electron chi connectivity index (χ3n) is 5.95. The van der Waals surface area contributed by atoms with Gasteiger partial charge in [0.15, 0.2) is 5.65 Å². The normalized spacial score (nSPS) is 20.1. The Balaban J connectivity index is 0.00000106. The number of imidazole rings is 1. The highest BCUT2D eigenvalue weighted by Crippen LogP contribution is 2.32. The van der Waals surface area contributed by atoms with Crippen LogP contribution >= 0.6 is 0 Å². The van der Waals surface area contributed by atoms with Crippen molar-refractivity contribution in [3.05, 3.63) is 30.6 Å². The third-order valence-corrected chi connectivity index (χ3v) is 5.95. The maximum Gasteiger partial charge on any atom is 0.228 e. The fourth-order valence-corrected chi connectivity index (χ4v) is 4.22. The molecule has 30 heavy (non-hydrogen) atoms. The number of carbonyl (C=O) groups excluding carboxylic acids is 1. The van der Waals surface area contributed by atoms with Gasteiger partial charge in [-0.2, -0.15) is 4.98 Å². The number of hydrogen-bond acceptors (Lipinski definition) is 6. The van der Waals surface area contributed by atoms with Gasteiger partial charge in [0.1, 0.15) is 11.2 Å². The Morgan fingerprint density at radius 1 is 1.10 bits per heavy atom. The predicted octanol–water partition coefficient (Wildman–Crippen LogP) is 2.68. The van der Waals surface area contributed by atoms with E-state index in [0.29, 0.717) is 17.5 Å². The number of rotatable bonds is 3. The first-order valence-electron chi connectivity index (χ1n) is 10.6. The molecule has 0 spiro atoms. The summed E-state index contributed by atoms with van der Waals surface area (Å²) in [4.78, 5) is 32.7. The van der Waals surface area contributed by atoms with Gasteiger partial charge in [-0.3, -0.25) is 4.79 Å². The molecule has 5 rings (SSSR count). The van der Waals surface area contributed by atoms with Crippen molar-refractivity contribution in [1.82, 2.24) is 25.3 Å². The van der Waals surface area contributed by atoms with Gasteiger partial charge < -0.3 is 20.1 Å². The summed E-state index contributed by atoms with van der Waals surface area (Å²) in [6.45, 7) is 9.66. The lowest BCUT2D eigenvalue weighted by atomic mass is 10.0. The molecule has 0 aliphatic carbocycles. The van der Waals surface area contributed by atoms with E-state index in [4.69, 9.17) is 9.97 Å². The smallest absolute Gasteiger partial charge is 0.228 e. The van der Waals surface area contributed by atoms with Crippen molar-refractivity contribution < 1.29 is 4.79 Å². The molecule has 8 nitrogen and oxygen atoms in total. The molecule has 2 aliphatic heterocycles. The number of fused-ring (bicyclic) bond motifs is 2. The van der Waals surface area contributed by atoms with Gasteiger partial charge in [-0.15, -0.1) is 0 Å². The lowest BCUT2D eigenvalue weighted by Crippen LogP contribution is -2.27. The number of nitrogens with one attached hydrogen (secondary N) is 2. The summed E-state index contributed by atoms with van der Waals surface area (Å²) >= 11 is 0. The molecule has 2 atom stereocenters. The molecule has 2 unspecified atom stereocenters. The van der Waals surface area contributed by atoms with Crippen molar-refractivity contribution in [2.45, 2.75) is 20.8 Å². The van der Waals surface area contributed by atoms with Gasteiger partial charge in [0.25, 0.3) is 0 Å². The molecule has 4 heterocycles. The van der Waals surface area contributed by atoms with Crippen molar-refractivity contribution in [2.75, 3.05) is 43.0 Å². The zero-order valence-electron chi connectivity index (χ0n) is 18.0. The van der Waals surface area contributed by atoms with Gasteiger partial charge in [-0.05, 0) is 24.0 Å². The number of amides is 1. The average molecular weight is 408 g/mol. The maximum absolute atomic E-state index is 11.6. The van der Waals surface area contributed by atoms with E-state index in [1.807, 2.05) is 38.1 Å². The van der Waals surface area contributed by atoms with E-state index in [1.54, 1.807) is 25.2 Å². The molecule has 0 radical (unpaired) electrons. The summed E-state index contributed by atoms with van der Waals surface area (Å²) in [5.41, 5.74) is 4.17. The number of aromatic amines is 1. The summed E-state index contributed by atoms with van der Waals surface area (Å²) in [5, 5.41) is 3.47. The number of H-pyrrole nitrogens is 1. The number of benzene rings is 1. The van der Waals surface area contributed by atoms with Crippen LogP contribution in [0.4, 0.5) is 11.6 Å². The standard InChI is InChI=1S/C20H23N7O.C2H6/c1-12(28)26(2)16-5-3-13(4-6-16)17-18-19(23-11-22-18)25-20(24-17)27-9-14-7-21-8-15(14)10-27;1-2/h3-6,11,14-15,21H,7-10H2,1-2H3,(H,22,23,24,25);1-2H3. The van der Waals surface area contributed by atoms with Crippen LogP contribution in [-0.4, -0.2) is 59.1 Å². The van der Waals surface area contributed by atoms with E-state index in [-0.39, 0.29) is 5.91 Å². The first-order valence-corrected chi connectivity index (χ1v) is 10.6. The van der Waals surface area contributed by atoms with Gasteiger partial charge in [0.2, 0.25) is 11.9 Å². The molecule has 1 aromatic carbocycles. The van der Waals surface area contributed by atoms with Gasteiger partial charge in [-0.25, -0.2) is 9.97 Å². The number of anilines is 2. The second-order valence-corrected chi connectivity index (χ2v) is 7.68. The molecule has 2 saturated heterocycles. The molecular formula is C22H29N7O. The predicted molar refractivity (Wildman–Crippen MR) is 120 cm³/mol. The first kappa shape index (κ1) is 20.3. The van der Waals surface area contributed by atoms with Crippen LogP contribution in [0.15, 0.2) is 30.6 Å². The minimum atomic E-state index is 0.00195.